The van der Waals surface area contributed by atoms with Crippen molar-refractivity contribution in [1.29, 1.82) is 0 Å². The minimum atomic E-state index is -0.153. The largest absolute Gasteiger partial charge is 0.274 e. The van der Waals surface area contributed by atoms with E-state index in [4.69, 9.17) is 0 Å². The quantitative estimate of drug-likeness (QED) is 0.259. The van der Waals surface area contributed by atoms with Crippen LogP contribution in [-0.4, -0.2) is 23.3 Å². The molecule has 2 rings (SSSR count). The van der Waals surface area contributed by atoms with E-state index in [0.717, 1.165) is 20.4 Å². The number of rotatable bonds is 11. The number of amides is 2. The predicted molar refractivity (Wildman–Crippen MR) is 107 cm³/mol. The second kappa shape index (κ2) is 10.1. The number of unbranched alkanes of at least 4 members (excludes halogenated alkanes) is 9. The van der Waals surface area contributed by atoms with Gasteiger partial charge in [-0.1, -0.05) is 64.7 Å². The lowest BCUT2D eigenvalue weighted by Gasteiger charge is -2.14. The number of hydrogen-bond donors (Lipinski definition) is 0. The number of thiophene rings is 1. The summed E-state index contributed by atoms with van der Waals surface area (Å²) in [5.74, 6) is -0.306. The minimum Gasteiger partial charge on any atom is -0.274 e. The van der Waals surface area contributed by atoms with Crippen molar-refractivity contribution in [2.75, 3.05) is 6.54 Å². The van der Waals surface area contributed by atoms with Crippen LogP contribution in [0.2, 0.25) is 0 Å². The van der Waals surface area contributed by atoms with Gasteiger partial charge >= 0.3 is 0 Å². The fourth-order valence-corrected chi connectivity index (χ4v) is 6.18. The van der Waals surface area contributed by atoms with E-state index >= 15 is 0 Å². The first-order valence-corrected chi connectivity index (χ1v) is 11.3. The molecule has 0 aromatic carbocycles. The van der Waals surface area contributed by atoms with Gasteiger partial charge in [0.15, 0.2) is 0 Å². The average molecular weight is 479 g/mol. The Labute approximate surface area is 165 Å². The molecule has 0 unspecified atom stereocenters. The smallest absolute Gasteiger partial charge is 0.263 e. The number of carbonyl (C=O) groups is 2. The fourth-order valence-electron chi connectivity index (χ4n) is 3.08. The summed E-state index contributed by atoms with van der Waals surface area (Å²) in [6.07, 6.45) is 12.5. The Hall–Kier alpha value is -0.200. The third-order valence-corrected chi connectivity index (χ3v) is 7.01. The molecule has 2 amide bonds. The fraction of sp³-hybridized carbons (Fsp3) is 0.667. The molecule has 0 radical (unpaired) electrons. The number of fused-ring (bicyclic) bond motifs is 1. The van der Waals surface area contributed by atoms with Gasteiger partial charge in [-0.25, -0.2) is 0 Å². The molecule has 0 N–H and O–H groups in total. The van der Waals surface area contributed by atoms with Gasteiger partial charge in [0.1, 0.15) is 0 Å². The molecule has 0 aliphatic carbocycles. The highest BCUT2D eigenvalue weighted by atomic mass is 79.9. The first-order valence-electron chi connectivity index (χ1n) is 8.92. The zero-order valence-electron chi connectivity index (χ0n) is 14.2. The Morgan fingerprint density at radius 1 is 0.750 bits per heavy atom. The van der Waals surface area contributed by atoms with Crippen LogP contribution in [0.4, 0.5) is 0 Å². The van der Waals surface area contributed by atoms with E-state index in [9.17, 15) is 9.59 Å². The van der Waals surface area contributed by atoms with Gasteiger partial charge in [0.05, 0.1) is 18.7 Å². The summed E-state index contributed by atoms with van der Waals surface area (Å²) in [6, 6.07) is 0. The van der Waals surface area contributed by atoms with Crippen LogP contribution in [0.3, 0.4) is 0 Å². The molecule has 24 heavy (non-hydrogen) atoms. The Kier molecular flexibility index (Phi) is 8.44. The van der Waals surface area contributed by atoms with E-state index in [2.05, 4.69) is 38.8 Å². The van der Waals surface area contributed by atoms with E-state index in [-0.39, 0.29) is 11.8 Å². The maximum atomic E-state index is 12.4. The van der Waals surface area contributed by atoms with Gasteiger partial charge in [-0.05, 0) is 38.3 Å². The lowest BCUT2D eigenvalue weighted by atomic mass is 10.1. The molecule has 1 aliphatic rings. The Balaban J connectivity index is 1.63. The lowest BCUT2D eigenvalue weighted by molar-refractivity contribution is 0.0651. The average Bonchev–Trinajstić information content (AvgIpc) is 2.98. The summed E-state index contributed by atoms with van der Waals surface area (Å²) < 4.78 is 1.49. The van der Waals surface area contributed by atoms with Crippen LogP contribution in [0.5, 0.6) is 0 Å². The van der Waals surface area contributed by atoms with Gasteiger partial charge < -0.3 is 0 Å². The molecule has 0 fully saturated rings. The summed E-state index contributed by atoms with van der Waals surface area (Å²) in [4.78, 5) is 26.2. The Morgan fingerprint density at radius 2 is 1.17 bits per heavy atom. The van der Waals surface area contributed by atoms with Gasteiger partial charge in [-0.15, -0.1) is 11.3 Å². The van der Waals surface area contributed by atoms with Gasteiger partial charge in [0.2, 0.25) is 0 Å². The van der Waals surface area contributed by atoms with E-state index in [1.165, 1.54) is 67.6 Å². The highest BCUT2D eigenvalue weighted by Gasteiger charge is 2.40. The first kappa shape index (κ1) is 20.1. The summed E-state index contributed by atoms with van der Waals surface area (Å²) in [5, 5.41) is 0. The van der Waals surface area contributed by atoms with Crippen LogP contribution in [0.25, 0.3) is 0 Å². The van der Waals surface area contributed by atoms with Crippen molar-refractivity contribution >= 4 is 55.0 Å². The topological polar surface area (TPSA) is 37.4 Å². The lowest BCUT2D eigenvalue weighted by Crippen LogP contribution is -2.31. The zero-order valence-corrected chi connectivity index (χ0v) is 18.2. The van der Waals surface area contributed by atoms with E-state index in [1.54, 1.807) is 0 Å². The second-order valence-corrected chi connectivity index (χ2v) is 10.00. The molecule has 0 atom stereocenters. The number of hydrogen-bond acceptors (Lipinski definition) is 3. The molecule has 0 saturated carbocycles. The summed E-state index contributed by atoms with van der Waals surface area (Å²) in [5.41, 5.74) is 1.06. The molecule has 134 valence electrons. The summed E-state index contributed by atoms with van der Waals surface area (Å²) in [6.45, 7) is 2.78. The predicted octanol–water partition coefficient (Wildman–Crippen LogP) is 6.79. The van der Waals surface area contributed by atoms with Crippen molar-refractivity contribution in [3.05, 3.63) is 18.7 Å². The Bertz CT molecular complexity index is 549. The van der Waals surface area contributed by atoms with Crippen LogP contribution in [0.15, 0.2) is 7.57 Å². The molecule has 1 aliphatic heterocycles. The van der Waals surface area contributed by atoms with Crippen LogP contribution in [0.1, 0.15) is 91.8 Å². The van der Waals surface area contributed by atoms with Crippen LogP contribution in [0, 0.1) is 0 Å². The van der Waals surface area contributed by atoms with Crippen molar-refractivity contribution in [3.8, 4) is 0 Å². The van der Waals surface area contributed by atoms with E-state index < -0.39 is 0 Å². The van der Waals surface area contributed by atoms with Gasteiger partial charge in [0.25, 0.3) is 11.8 Å². The molecule has 0 spiro atoms. The van der Waals surface area contributed by atoms with Gasteiger partial charge in [0, 0.05) is 6.54 Å². The number of nitrogens with zero attached hydrogens (tertiary/aromatic N) is 1. The van der Waals surface area contributed by atoms with Crippen LogP contribution >= 0.6 is 43.2 Å². The minimum absolute atomic E-state index is 0.153. The van der Waals surface area contributed by atoms with Crippen molar-refractivity contribution < 1.29 is 9.59 Å². The molecule has 1 aromatic rings. The number of halogens is 2. The third-order valence-electron chi connectivity index (χ3n) is 4.48. The molecule has 3 nitrogen and oxygen atoms in total. The molecule has 0 bridgehead atoms. The molecular weight excluding hydrogens is 454 g/mol. The standard InChI is InChI=1S/C18H25Br2NO2S/c1-2-3-4-5-6-7-8-9-10-11-12-21-17(22)13-14(18(21)23)16(20)24-15(13)19/h2-12H2,1H3. The zero-order chi connectivity index (χ0) is 17.5. The highest BCUT2D eigenvalue weighted by molar-refractivity contribution is 9.12. The third kappa shape index (κ3) is 4.92. The van der Waals surface area contributed by atoms with Crippen molar-refractivity contribution in [2.24, 2.45) is 0 Å². The molecule has 0 saturated heterocycles. The molecular formula is C18H25Br2NO2S. The van der Waals surface area contributed by atoms with E-state index in [0.29, 0.717) is 17.7 Å². The van der Waals surface area contributed by atoms with Crippen LogP contribution < -0.4 is 0 Å². The van der Waals surface area contributed by atoms with Gasteiger partial charge in [-0.2, -0.15) is 0 Å². The van der Waals surface area contributed by atoms with Crippen molar-refractivity contribution in [1.82, 2.24) is 4.90 Å². The SMILES string of the molecule is CCCCCCCCCCCCN1C(=O)c2c(Br)sc(Br)c2C1=O. The summed E-state index contributed by atoms with van der Waals surface area (Å²) in [7, 11) is 0. The highest BCUT2D eigenvalue weighted by Crippen LogP contribution is 2.41. The monoisotopic (exact) mass is 477 g/mol. The summed E-state index contributed by atoms with van der Waals surface area (Å²) >= 11 is 8.16. The van der Waals surface area contributed by atoms with E-state index in [1.807, 2.05) is 0 Å². The second-order valence-electron chi connectivity index (χ2n) is 6.34. The van der Waals surface area contributed by atoms with Gasteiger partial charge in [-0.3, -0.25) is 14.5 Å². The number of imide groups is 1. The maximum absolute atomic E-state index is 12.4. The van der Waals surface area contributed by atoms with Crippen LogP contribution in [-0.2, 0) is 0 Å². The maximum Gasteiger partial charge on any atom is 0.263 e. The molecule has 2 heterocycles. The molecule has 6 heteroatoms. The first-order chi connectivity index (χ1) is 11.6. The molecule has 1 aromatic heterocycles. The van der Waals surface area contributed by atoms with Crippen molar-refractivity contribution in [2.45, 2.75) is 71.1 Å². The number of carbonyl (C=O) groups excluding carboxylic acids is 2. The Morgan fingerprint density at radius 3 is 1.62 bits per heavy atom. The normalized spacial score (nSPS) is 13.9. The van der Waals surface area contributed by atoms with Crippen molar-refractivity contribution in [3.63, 3.8) is 0 Å².